The van der Waals surface area contributed by atoms with Crippen LogP contribution in [0, 0.1) is 5.41 Å². The van der Waals surface area contributed by atoms with E-state index in [0.29, 0.717) is 12.8 Å². The third kappa shape index (κ3) is 4.92. The zero-order valence-electron chi connectivity index (χ0n) is 14.1. The Bertz CT molecular complexity index is 605. The molecule has 0 amide bonds. The van der Waals surface area contributed by atoms with Gasteiger partial charge in [-0.25, -0.2) is 0 Å². The molecule has 2 nitrogen and oxygen atoms in total. The molecule has 0 heterocycles. The van der Waals surface area contributed by atoms with Crippen LogP contribution in [0.5, 0.6) is 5.75 Å². The van der Waals surface area contributed by atoms with Gasteiger partial charge in [-0.3, -0.25) is 4.79 Å². The summed E-state index contributed by atoms with van der Waals surface area (Å²) < 4.78 is 67.5. The predicted molar refractivity (Wildman–Crippen MR) is 82.8 cm³/mol. The fraction of sp³-hybridized carbons (Fsp3) is 0.611. The maximum Gasteiger partial charge on any atom is 0.461 e. The van der Waals surface area contributed by atoms with Crippen molar-refractivity contribution < 1.29 is 31.5 Å². The van der Waals surface area contributed by atoms with E-state index in [9.17, 15) is 26.7 Å². The second kappa shape index (κ2) is 6.92. The third-order valence-electron chi connectivity index (χ3n) is 4.45. The maximum atomic E-state index is 12.8. The van der Waals surface area contributed by atoms with Gasteiger partial charge in [-0.2, -0.15) is 22.0 Å². The van der Waals surface area contributed by atoms with Crippen molar-refractivity contribution in [1.82, 2.24) is 0 Å². The second-order valence-corrected chi connectivity index (χ2v) is 7.15. The fourth-order valence-electron chi connectivity index (χ4n) is 2.45. The predicted octanol–water partition coefficient (Wildman–Crippen LogP) is 5.34. The molecule has 25 heavy (non-hydrogen) atoms. The van der Waals surface area contributed by atoms with Crippen molar-refractivity contribution in [3.05, 3.63) is 29.8 Å². The zero-order chi connectivity index (χ0) is 18.9. The molecule has 1 aromatic rings. The molecular weight excluding hydrogens is 343 g/mol. The van der Waals surface area contributed by atoms with Gasteiger partial charge < -0.3 is 4.74 Å². The molecule has 140 valence electrons. The number of hydrogen-bond donors (Lipinski definition) is 0. The van der Waals surface area contributed by atoms with Crippen LogP contribution in [0.1, 0.15) is 45.1 Å². The van der Waals surface area contributed by atoms with Crippen molar-refractivity contribution in [2.75, 3.05) is 0 Å². The number of halogens is 5. The summed E-state index contributed by atoms with van der Waals surface area (Å²) in [4.78, 5) is 11.0. The highest BCUT2D eigenvalue weighted by atomic mass is 19.4. The van der Waals surface area contributed by atoms with Crippen LogP contribution < -0.4 is 4.74 Å². The lowest BCUT2D eigenvalue weighted by atomic mass is 10.0. The smallest absolute Gasteiger partial charge is 0.461 e. The van der Waals surface area contributed by atoms with Gasteiger partial charge in [0.25, 0.3) is 0 Å². The molecule has 0 bridgehead atoms. The fourth-order valence-corrected chi connectivity index (χ4v) is 2.45. The van der Waals surface area contributed by atoms with Crippen LogP contribution in [0.15, 0.2) is 24.3 Å². The number of hydrogen-bond acceptors (Lipinski definition) is 2. The molecular formula is C18H21F5O2. The Balaban J connectivity index is 1.72. The minimum Gasteiger partial charge on any atom is -0.490 e. The summed E-state index contributed by atoms with van der Waals surface area (Å²) in [5.41, 5.74) is 1.11. The highest BCUT2D eigenvalue weighted by molar-refractivity contribution is 5.86. The normalized spacial score (nSPS) is 19.6. The molecule has 0 spiro atoms. The molecule has 7 heteroatoms. The van der Waals surface area contributed by atoms with Crippen LogP contribution in [0.3, 0.4) is 0 Å². The average Bonchev–Trinajstić information content (AvgIpc) is 3.10. The van der Waals surface area contributed by atoms with Crippen LogP contribution in [0.2, 0.25) is 0 Å². The Kier molecular flexibility index (Phi) is 5.44. The van der Waals surface area contributed by atoms with Crippen LogP contribution in [0.4, 0.5) is 22.0 Å². The molecule has 2 rings (SSSR count). The Labute approximate surface area is 143 Å². The molecule has 1 aliphatic rings. The summed E-state index contributed by atoms with van der Waals surface area (Å²) >= 11 is 0. The number of benzene rings is 1. The highest BCUT2D eigenvalue weighted by Crippen LogP contribution is 2.47. The van der Waals surface area contributed by atoms with Crippen molar-refractivity contribution in [2.45, 2.75) is 64.2 Å². The van der Waals surface area contributed by atoms with Crippen LogP contribution in [-0.2, 0) is 11.2 Å². The Morgan fingerprint density at radius 3 is 2.16 bits per heavy atom. The van der Waals surface area contributed by atoms with Crippen molar-refractivity contribution in [3.63, 3.8) is 0 Å². The largest absolute Gasteiger partial charge is 0.490 e. The number of ether oxygens (including phenoxy) is 1. The Morgan fingerprint density at radius 1 is 1.12 bits per heavy atom. The highest BCUT2D eigenvalue weighted by Gasteiger charge is 2.62. The first-order valence-electron chi connectivity index (χ1n) is 8.17. The summed E-state index contributed by atoms with van der Waals surface area (Å²) in [7, 11) is 0. The average molecular weight is 364 g/mol. The van der Waals surface area contributed by atoms with E-state index < -0.39 is 24.3 Å². The molecule has 0 saturated heterocycles. The summed E-state index contributed by atoms with van der Waals surface area (Å²) in [6, 6.07) is 7.28. The molecule has 0 radical (unpaired) electrons. The number of aryl methyl sites for hydroxylation is 1. The summed E-state index contributed by atoms with van der Waals surface area (Å²) in [5.74, 6) is -6.59. The lowest BCUT2D eigenvalue weighted by Crippen LogP contribution is -2.43. The van der Waals surface area contributed by atoms with Crippen LogP contribution in [0.25, 0.3) is 0 Å². The van der Waals surface area contributed by atoms with Gasteiger partial charge in [-0.05, 0) is 43.4 Å². The number of unbranched alkanes of at least 4 members (excludes halogenated alkanes) is 1. The number of carbonyl (C=O) groups is 1. The van der Waals surface area contributed by atoms with Gasteiger partial charge in [-0.1, -0.05) is 26.0 Å². The number of rotatable bonds is 8. The maximum absolute atomic E-state index is 12.8. The third-order valence-corrected chi connectivity index (χ3v) is 4.45. The van der Waals surface area contributed by atoms with Crippen LogP contribution >= 0.6 is 0 Å². The minimum atomic E-state index is -5.82. The van der Waals surface area contributed by atoms with Gasteiger partial charge in [0.05, 0.1) is 0 Å². The summed E-state index contributed by atoms with van der Waals surface area (Å²) in [6.07, 6.45) is -4.56. The van der Waals surface area contributed by atoms with E-state index in [-0.39, 0.29) is 17.9 Å². The van der Waals surface area contributed by atoms with E-state index >= 15 is 0 Å². The van der Waals surface area contributed by atoms with E-state index in [2.05, 4.69) is 13.8 Å². The van der Waals surface area contributed by atoms with Gasteiger partial charge in [0.1, 0.15) is 11.9 Å². The SMILES string of the molecule is CC1(C)CC1Oc1ccc(CCCCC(=O)C(F)(F)C(F)(F)F)cc1. The molecule has 0 N–H and O–H groups in total. The standard InChI is InChI=1S/C18H21F5O2/c1-16(2)11-15(16)25-13-9-7-12(8-10-13)5-3-4-6-14(24)17(19,20)18(21,22)23/h7-10,15H,3-6,11H2,1-2H3. The van der Waals surface area contributed by atoms with Crippen LogP contribution in [-0.4, -0.2) is 24.0 Å². The number of Topliss-reactive ketones (excluding diaryl/α,β-unsaturated/α-hetero) is 1. The van der Waals surface area contributed by atoms with Crippen molar-refractivity contribution in [3.8, 4) is 5.75 Å². The van der Waals surface area contributed by atoms with Gasteiger partial charge in [0, 0.05) is 11.8 Å². The van der Waals surface area contributed by atoms with Crippen molar-refractivity contribution in [2.24, 2.45) is 5.41 Å². The number of alkyl halides is 5. The van der Waals surface area contributed by atoms with Gasteiger partial charge in [0.15, 0.2) is 0 Å². The second-order valence-electron chi connectivity index (χ2n) is 7.15. The van der Waals surface area contributed by atoms with Gasteiger partial charge >= 0.3 is 12.1 Å². The lowest BCUT2D eigenvalue weighted by Gasteiger charge is -2.17. The first kappa shape index (κ1) is 19.7. The molecule has 0 aliphatic heterocycles. The zero-order valence-corrected chi connectivity index (χ0v) is 14.1. The van der Waals surface area contributed by atoms with E-state index in [1.54, 1.807) is 0 Å². The van der Waals surface area contributed by atoms with E-state index in [1.165, 1.54) is 0 Å². The van der Waals surface area contributed by atoms with Crippen molar-refractivity contribution in [1.29, 1.82) is 0 Å². The molecule has 1 aromatic carbocycles. The Hall–Kier alpha value is -1.66. The summed E-state index contributed by atoms with van der Waals surface area (Å²) in [6.45, 7) is 4.24. The summed E-state index contributed by atoms with van der Waals surface area (Å²) in [5, 5.41) is 0. The molecule has 1 fully saturated rings. The quantitative estimate of drug-likeness (QED) is 0.460. The lowest BCUT2D eigenvalue weighted by molar-refractivity contribution is -0.268. The van der Waals surface area contributed by atoms with Gasteiger partial charge in [0.2, 0.25) is 5.78 Å². The van der Waals surface area contributed by atoms with E-state index in [4.69, 9.17) is 4.74 Å². The van der Waals surface area contributed by atoms with Gasteiger partial charge in [-0.15, -0.1) is 0 Å². The molecule has 0 aromatic heterocycles. The molecule has 1 atom stereocenters. The van der Waals surface area contributed by atoms with E-state index in [0.717, 1.165) is 17.7 Å². The first-order valence-corrected chi connectivity index (χ1v) is 8.17. The molecule has 1 saturated carbocycles. The first-order chi connectivity index (χ1) is 11.4. The molecule has 1 unspecified atom stereocenters. The van der Waals surface area contributed by atoms with Crippen molar-refractivity contribution >= 4 is 5.78 Å². The topological polar surface area (TPSA) is 26.3 Å². The molecule has 1 aliphatic carbocycles. The minimum absolute atomic E-state index is 0.0149. The van der Waals surface area contributed by atoms with E-state index in [1.807, 2.05) is 24.3 Å². The Morgan fingerprint density at radius 2 is 1.68 bits per heavy atom. The number of ketones is 1. The monoisotopic (exact) mass is 364 g/mol. The number of carbonyl (C=O) groups excluding carboxylic acids is 1.